The monoisotopic (exact) mass is 265 g/mol. The molecule has 0 spiro atoms. The van der Waals surface area contributed by atoms with E-state index in [1.165, 1.54) is 6.26 Å². The molecule has 5 heteroatoms. The maximum Gasteiger partial charge on any atom is 0.147 e. The van der Waals surface area contributed by atoms with Gasteiger partial charge in [0.15, 0.2) is 0 Å². The lowest BCUT2D eigenvalue weighted by Crippen LogP contribution is -2.49. The summed E-state index contributed by atoms with van der Waals surface area (Å²) in [6.45, 7) is 9.57. The van der Waals surface area contributed by atoms with Gasteiger partial charge in [-0.25, -0.2) is 8.42 Å². The average molecular weight is 265 g/mol. The van der Waals surface area contributed by atoms with Crippen LogP contribution in [0, 0.1) is 0 Å². The Kier molecular flexibility index (Phi) is 7.28. The van der Waals surface area contributed by atoms with Gasteiger partial charge < -0.3 is 10.1 Å². The highest BCUT2D eigenvalue weighted by Gasteiger charge is 2.29. The number of rotatable bonds is 9. The third-order valence-corrected chi connectivity index (χ3v) is 3.75. The zero-order chi connectivity index (χ0) is 13.5. The third kappa shape index (κ3) is 7.73. The minimum Gasteiger partial charge on any atom is -0.374 e. The molecule has 1 unspecified atom stereocenters. The first-order valence-electron chi connectivity index (χ1n) is 6.28. The van der Waals surface area contributed by atoms with Crippen molar-refractivity contribution in [1.82, 2.24) is 5.32 Å². The van der Waals surface area contributed by atoms with Gasteiger partial charge in [-0.15, -0.1) is 0 Å². The molecule has 1 atom stereocenters. The molecule has 0 aliphatic carbocycles. The van der Waals surface area contributed by atoms with Crippen molar-refractivity contribution in [1.29, 1.82) is 0 Å². The summed E-state index contributed by atoms with van der Waals surface area (Å²) in [6.07, 6.45) is 2.89. The molecule has 0 aromatic rings. The summed E-state index contributed by atoms with van der Waals surface area (Å²) < 4.78 is 28.1. The molecule has 0 aliphatic heterocycles. The second kappa shape index (κ2) is 7.34. The summed E-state index contributed by atoms with van der Waals surface area (Å²) in [5.41, 5.74) is -0.339. The van der Waals surface area contributed by atoms with E-state index in [0.717, 1.165) is 13.0 Å². The van der Waals surface area contributed by atoms with Gasteiger partial charge in [0.2, 0.25) is 0 Å². The van der Waals surface area contributed by atoms with Crippen molar-refractivity contribution in [3.8, 4) is 0 Å². The molecule has 4 nitrogen and oxygen atoms in total. The van der Waals surface area contributed by atoms with Crippen molar-refractivity contribution < 1.29 is 13.2 Å². The summed E-state index contributed by atoms with van der Waals surface area (Å²) >= 11 is 0. The van der Waals surface area contributed by atoms with Gasteiger partial charge in [-0.2, -0.15) is 0 Å². The molecule has 0 aromatic heterocycles. The first kappa shape index (κ1) is 16.9. The molecular formula is C12H27NO3S. The van der Waals surface area contributed by atoms with E-state index in [1.807, 2.05) is 20.8 Å². The van der Waals surface area contributed by atoms with Crippen LogP contribution in [0.15, 0.2) is 0 Å². The first-order chi connectivity index (χ1) is 7.73. The largest absolute Gasteiger partial charge is 0.374 e. The number of nitrogens with one attached hydrogen (secondary N) is 1. The molecule has 0 saturated heterocycles. The van der Waals surface area contributed by atoms with Crippen molar-refractivity contribution in [2.24, 2.45) is 0 Å². The molecule has 0 radical (unpaired) electrons. The second-order valence-electron chi connectivity index (χ2n) is 4.96. The lowest BCUT2D eigenvalue weighted by molar-refractivity contribution is -0.0387. The Bertz CT molecular complexity index is 299. The molecular weight excluding hydrogens is 238 g/mol. The zero-order valence-electron chi connectivity index (χ0n) is 11.7. The maximum atomic E-state index is 11.2. The Balaban J connectivity index is 4.51. The molecule has 0 fully saturated rings. The van der Waals surface area contributed by atoms with E-state index in [9.17, 15) is 8.42 Å². The van der Waals surface area contributed by atoms with Crippen LogP contribution >= 0.6 is 0 Å². The number of sulfone groups is 1. The fraction of sp³-hybridized carbons (Fsp3) is 1.00. The molecule has 0 rings (SSSR count). The van der Waals surface area contributed by atoms with Crippen LogP contribution in [0.5, 0.6) is 0 Å². The molecule has 0 aliphatic rings. The van der Waals surface area contributed by atoms with Crippen LogP contribution < -0.4 is 5.32 Å². The van der Waals surface area contributed by atoms with Gasteiger partial charge in [-0.1, -0.05) is 6.92 Å². The van der Waals surface area contributed by atoms with Crippen LogP contribution in [0.2, 0.25) is 0 Å². The van der Waals surface area contributed by atoms with Gasteiger partial charge in [-0.05, 0) is 40.2 Å². The number of ether oxygens (including phenoxy) is 1. The van der Waals surface area contributed by atoms with E-state index in [2.05, 4.69) is 12.2 Å². The predicted molar refractivity (Wildman–Crippen MR) is 72.1 cm³/mol. The van der Waals surface area contributed by atoms with Crippen LogP contribution in [0.25, 0.3) is 0 Å². The Labute approximate surface area is 106 Å². The Morgan fingerprint density at radius 2 is 1.88 bits per heavy atom. The Hall–Kier alpha value is -0.130. The summed E-state index contributed by atoms with van der Waals surface area (Å²) in [5.74, 6) is 0.199. The number of hydrogen-bond acceptors (Lipinski definition) is 4. The molecule has 0 amide bonds. The maximum absolute atomic E-state index is 11.2. The summed E-state index contributed by atoms with van der Waals surface area (Å²) in [4.78, 5) is 0. The van der Waals surface area contributed by atoms with Crippen molar-refractivity contribution in [3.63, 3.8) is 0 Å². The highest BCUT2D eigenvalue weighted by Crippen LogP contribution is 2.18. The van der Waals surface area contributed by atoms with Crippen LogP contribution in [0.4, 0.5) is 0 Å². The van der Waals surface area contributed by atoms with Gasteiger partial charge in [0.05, 0.1) is 11.4 Å². The third-order valence-electron chi connectivity index (χ3n) is 2.77. The van der Waals surface area contributed by atoms with Gasteiger partial charge in [0, 0.05) is 18.9 Å². The number of hydrogen-bond donors (Lipinski definition) is 1. The van der Waals surface area contributed by atoms with Gasteiger partial charge in [0.1, 0.15) is 9.84 Å². The van der Waals surface area contributed by atoms with Crippen LogP contribution in [-0.4, -0.2) is 45.2 Å². The van der Waals surface area contributed by atoms with Crippen LogP contribution in [0.1, 0.15) is 40.5 Å². The van der Waals surface area contributed by atoms with E-state index >= 15 is 0 Å². The summed E-state index contributed by atoms with van der Waals surface area (Å²) in [6, 6.07) is 0.0668. The summed E-state index contributed by atoms with van der Waals surface area (Å²) in [5, 5.41) is 3.38. The average Bonchev–Trinajstić information content (AvgIpc) is 2.15. The summed E-state index contributed by atoms with van der Waals surface area (Å²) in [7, 11) is -2.92. The second-order valence-corrected chi connectivity index (χ2v) is 7.22. The van der Waals surface area contributed by atoms with Crippen molar-refractivity contribution in [3.05, 3.63) is 0 Å². The minimum atomic E-state index is -2.92. The molecule has 1 N–H and O–H groups in total. The van der Waals surface area contributed by atoms with E-state index in [4.69, 9.17) is 4.74 Å². The van der Waals surface area contributed by atoms with Gasteiger partial charge in [0.25, 0.3) is 0 Å². The van der Waals surface area contributed by atoms with Gasteiger partial charge in [-0.3, -0.25) is 0 Å². The molecule has 104 valence electrons. The first-order valence-corrected chi connectivity index (χ1v) is 8.34. The van der Waals surface area contributed by atoms with E-state index in [-0.39, 0.29) is 17.4 Å². The van der Waals surface area contributed by atoms with E-state index < -0.39 is 9.84 Å². The van der Waals surface area contributed by atoms with Gasteiger partial charge >= 0.3 is 0 Å². The molecule has 17 heavy (non-hydrogen) atoms. The lowest BCUT2D eigenvalue weighted by Gasteiger charge is -2.35. The molecule has 0 aromatic carbocycles. The minimum absolute atomic E-state index is 0.0668. The van der Waals surface area contributed by atoms with Crippen molar-refractivity contribution >= 4 is 9.84 Å². The SMILES string of the molecule is CCCNC(CCS(C)(=O)=O)C(C)(C)OCC. The fourth-order valence-electron chi connectivity index (χ4n) is 1.82. The van der Waals surface area contributed by atoms with Crippen molar-refractivity contribution in [2.45, 2.75) is 52.2 Å². The normalized spacial score (nSPS) is 14.9. The molecule has 0 saturated carbocycles. The smallest absolute Gasteiger partial charge is 0.147 e. The molecule has 0 heterocycles. The topological polar surface area (TPSA) is 55.4 Å². The van der Waals surface area contributed by atoms with E-state index in [1.54, 1.807) is 0 Å². The van der Waals surface area contributed by atoms with Crippen LogP contribution in [0.3, 0.4) is 0 Å². The highest BCUT2D eigenvalue weighted by atomic mass is 32.2. The Morgan fingerprint density at radius 3 is 2.29 bits per heavy atom. The predicted octanol–water partition coefficient (Wildman–Crippen LogP) is 1.60. The van der Waals surface area contributed by atoms with Crippen molar-refractivity contribution in [2.75, 3.05) is 25.2 Å². The zero-order valence-corrected chi connectivity index (χ0v) is 12.6. The van der Waals surface area contributed by atoms with Crippen LogP contribution in [-0.2, 0) is 14.6 Å². The Morgan fingerprint density at radius 1 is 1.29 bits per heavy atom. The fourth-order valence-corrected chi connectivity index (χ4v) is 2.48. The standard InChI is InChI=1S/C12H27NO3S/c1-6-9-13-11(8-10-17(5,14)15)12(3,4)16-7-2/h11,13H,6-10H2,1-5H3. The van der Waals surface area contributed by atoms with E-state index in [0.29, 0.717) is 13.0 Å². The lowest BCUT2D eigenvalue weighted by atomic mass is 9.96. The molecule has 0 bridgehead atoms. The highest BCUT2D eigenvalue weighted by molar-refractivity contribution is 7.90. The quantitative estimate of drug-likeness (QED) is 0.688.